The Bertz CT molecular complexity index is 538. The Morgan fingerprint density at radius 3 is 2.40 bits per heavy atom. The molecule has 1 aromatic rings. The first-order chi connectivity index (χ1) is 9.31. The van der Waals surface area contributed by atoms with Crippen molar-refractivity contribution < 1.29 is 13.2 Å². The maximum Gasteiger partial charge on any atom is 0.156 e. The minimum Gasteiger partial charge on any atom is -0.496 e. The van der Waals surface area contributed by atoms with E-state index in [4.69, 9.17) is 4.74 Å². The van der Waals surface area contributed by atoms with Gasteiger partial charge in [0, 0.05) is 11.6 Å². The van der Waals surface area contributed by atoms with Crippen LogP contribution in [0.4, 0.5) is 0 Å². The number of hydrogen-bond acceptors (Lipinski definition) is 4. The van der Waals surface area contributed by atoms with Gasteiger partial charge >= 0.3 is 0 Å². The summed E-state index contributed by atoms with van der Waals surface area (Å²) in [5.41, 5.74) is 1.80. The summed E-state index contributed by atoms with van der Waals surface area (Å²) in [7, 11) is -1.58. The summed E-state index contributed by atoms with van der Waals surface area (Å²) in [6.07, 6.45) is 0. The summed E-state index contributed by atoms with van der Waals surface area (Å²) >= 11 is 0. The van der Waals surface area contributed by atoms with E-state index in [0.717, 1.165) is 17.7 Å². The Morgan fingerprint density at radius 1 is 1.25 bits per heavy atom. The minimum absolute atomic E-state index is 0.0144. The fourth-order valence-electron chi connectivity index (χ4n) is 1.99. The molecule has 0 amide bonds. The Balaban J connectivity index is 3.13. The molecule has 0 fully saturated rings. The molecule has 1 aromatic carbocycles. The van der Waals surface area contributed by atoms with Crippen LogP contribution < -0.4 is 10.1 Å². The fourth-order valence-corrected chi connectivity index (χ4v) is 2.98. The molecule has 20 heavy (non-hydrogen) atoms. The van der Waals surface area contributed by atoms with E-state index in [1.807, 2.05) is 25.1 Å². The molecule has 1 unspecified atom stereocenters. The van der Waals surface area contributed by atoms with Crippen LogP contribution in [0.3, 0.4) is 0 Å². The quantitative estimate of drug-likeness (QED) is 0.841. The maximum atomic E-state index is 12.1. The largest absolute Gasteiger partial charge is 0.496 e. The summed E-state index contributed by atoms with van der Waals surface area (Å²) in [5.74, 6) is 0.641. The van der Waals surface area contributed by atoms with Crippen molar-refractivity contribution in [2.45, 2.75) is 44.7 Å². The van der Waals surface area contributed by atoms with Crippen molar-refractivity contribution in [3.05, 3.63) is 29.3 Å². The molecule has 1 rings (SSSR count). The molecule has 0 bridgehead atoms. The monoisotopic (exact) mass is 299 g/mol. The van der Waals surface area contributed by atoms with Crippen molar-refractivity contribution in [1.29, 1.82) is 0 Å². The number of sulfone groups is 1. The summed E-state index contributed by atoms with van der Waals surface area (Å²) in [6, 6.07) is 5.92. The summed E-state index contributed by atoms with van der Waals surface area (Å²) in [5, 5.41) is 2.93. The van der Waals surface area contributed by atoms with E-state index in [0.29, 0.717) is 5.75 Å². The fraction of sp³-hybridized carbons (Fsp3) is 0.600. The first-order valence-electron chi connectivity index (χ1n) is 6.93. The van der Waals surface area contributed by atoms with E-state index in [1.165, 1.54) is 0 Å². The highest BCUT2D eigenvalue weighted by atomic mass is 32.2. The Morgan fingerprint density at radius 2 is 1.90 bits per heavy atom. The van der Waals surface area contributed by atoms with Crippen LogP contribution >= 0.6 is 0 Å². The van der Waals surface area contributed by atoms with Gasteiger partial charge in [0.1, 0.15) is 5.75 Å². The van der Waals surface area contributed by atoms with Gasteiger partial charge in [0.05, 0.1) is 18.1 Å². The van der Waals surface area contributed by atoms with Crippen LogP contribution in [0.5, 0.6) is 5.75 Å². The molecule has 0 heterocycles. The van der Waals surface area contributed by atoms with Crippen LogP contribution in [0, 0.1) is 0 Å². The minimum atomic E-state index is -3.14. The van der Waals surface area contributed by atoms with E-state index < -0.39 is 9.84 Å². The van der Waals surface area contributed by atoms with E-state index >= 15 is 0 Å². The molecule has 1 atom stereocenters. The Kier molecular flexibility index (Phi) is 6.02. The molecule has 0 aliphatic heterocycles. The first kappa shape index (κ1) is 17.0. The lowest BCUT2D eigenvalue weighted by Gasteiger charge is -2.17. The molecule has 4 nitrogen and oxygen atoms in total. The van der Waals surface area contributed by atoms with E-state index in [-0.39, 0.29) is 17.0 Å². The molecule has 5 heteroatoms. The van der Waals surface area contributed by atoms with Crippen LogP contribution in [0.15, 0.2) is 18.2 Å². The zero-order valence-corrected chi connectivity index (χ0v) is 13.8. The molecule has 0 aliphatic carbocycles. The first-order valence-corrected chi connectivity index (χ1v) is 8.65. The molecule has 0 radical (unpaired) electrons. The van der Waals surface area contributed by atoms with Gasteiger partial charge in [0.2, 0.25) is 0 Å². The number of nitrogens with one attached hydrogen (secondary N) is 1. The third kappa shape index (κ3) is 4.21. The molecular weight excluding hydrogens is 274 g/mol. The predicted molar refractivity (Wildman–Crippen MR) is 82.8 cm³/mol. The third-order valence-electron chi connectivity index (χ3n) is 3.39. The molecule has 0 aromatic heterocycles. The summed E-state index contributed by atoms with van der Waals surface area (Å²) in [6.45, 7) is 8.38. The van der Waals surface area contributed by atoms with Crippen molar-refractivity contribution in [3.8, 4) is 5.75 Å². The average Bonchev–Trinajstić information content (AvgIpc) is 2.38. The van der Waals surface area contributed by atoms with Gasteiger partial charge in [-0.1, -0.05) is 13.0 Å². The molecular formula is C15H25NO3S. The molecule has 0 saturated heterocycles. The van der Waals surface area contributed by atoms with Gasteiger partial charge in [-0.2, -0.15) is 0 Å². The van der Waals surface area contributed by atoms with Crippen molar-refractivity contribution >= 4 is 9.84 Å². The standard InChI is InChI=1S/C15H25NO3S/c1-6-16-12(4)13-7-8-15(19-5)14(9-13)10-20(17,18)11(2)3/h7-9,11-12,16H,6,10H2,1-5H3. The van der Waals surface area contributed by atoms with Crippen LogP contribution in [0.25, 0.3) is 0 Å². The topological polar surface area (TPSA) is 55.4 Å². The van der Waals surface area contributed by atoms with E-state index in [9.17, 15) is 8.42 Å². The number of rotatable bonds is 7. The SMILES string of the molecule is CCNC(C)c1ccc(OC)c(CS(=O)(=O)C(C)C)c1. The normalized spacial score (nSPS) is 13.5. The average molecular weight is 299 g/mol. The predicted octanol–water partition coefficient (Wildman–Crippen LogP) is 2.69. The Hall–Kier alpha value is -1.07. The van der Waals surface area contributed by atoms with Gasteiger partial charge < -0.3 is 10.1 Å². The highest BCUT2D eigenvalue weighted by Crippen LogP contribution is 2.26. The highest BCUT2D eigenvalue weighted by molar-refractivity contribution is 7.91. The number of ether oxygens (including phenoxy) is 1. The Labute approximate surface area is 122 Å². The summed E-state index contributed by atoms with van der Waals surface area (Å²) in [4.78, 5) is 0. The smallest absolute Gasteiger partial charge is 0.156 e. The van der Waals surface area contributed by atoms with Gasteiger partial charge in [-0.25, -0.2) is 8.42 Å². The number of benzene rings is 1. The van der Waals surface area contributed by atoms with Crippen molar-refractivity contribution in [3.63, 3.8) is 0 Å². The van der Waals surface area contributed by atoms with Gasteiger partial charge in [-0.3, -0.25) is 0 Å². The lowest BCUT2D eigenvalue weighted by atomic mass is 10.0. The molecule has 0 aliphatic rings. The van der Waals surface area contributed by atoms with Crippen LogP contribution in [0.2, 0.25) is 0 Å². The lowest BCUT2D eigenvalue weighted by Crippen LogP contribution is -2.19. The van der Waals surface area contributed by atoms with E-state index in [1.54, 1.807) is 21.0 Å². The van der Waals surface area contributed by atoms with Gasteiger partial charge in [-0.15, -0.1) is 0 Å². The van der Waals surface area contributed by atoms with Crippen molar-refractivity contribution in [2.75, 3.05) is 13.7 Å². The molecule has 0 saturated carbocycles. The van der Waals surface area contributed by atoms with Crippen LogP contribution in [-0.2, 0) is 15.6 Å². The number of hydrogen-bond donors (Lipinski definition) is 1. The van der Waals surface area contributed by atoms with E-state index in [2.05, 4.69) is 12.2 Å². The van der Waals surface area contributed by atoms with Gasteiger partial charge in [-0.05, 0) is 45.0 Å². The van der Waals surface area contributed by atoms with Crippen molar-refractivity contribution in [1.82, 2.24) is 5.32 Å². The second-order valence-corrected chi connectivity index (χ2v) is 7.76. The lowest BCUT2D eigenvalue weighted by molar-refractivity contribution is 0.410. The van der Waals surface area contributed by atoms with Crippen molar-refractivity contribution in [2.24, 2.45) is 0 Å². The molecule has 1 N–H and O–H groups in total. The van der Waals surface area contributed by atoms with Crippen LogP contribution in [0.1, 0.15) is 44.9 Å². The second kappa shape index (κ2) is 7.09. The van der Waals surface area contributed by atoms with Gasteiger partial charge in [0.25, 0.3) is 0 Å². The molecule has 114 valence electrons. The second-order valence-electron chi connectivity index (χ2n) is 5.21. The highest BCUT2D eigenvalue weighted by Gasteiger charge is 2.20. The zero-order valence-electron chi connectivity index (χ0n) is 12.9. The maximum absolute atomic E-state index is 12.1. The number of methoxy groups -OCH3 is 1. The zero-order chi connectivity index (χ0) is 15.3. The van der Waals surface area contributed by atoms with Gasteiger partial charge in [0.15, 0.2) is 9.84 Å². The molecule has 0 spiro atoms. The summed E-state index contributed by atoms with van der Waals surface area (Å²) < 4.78 is 29.5. The van der Waals surface area contributed by atoms with Crippen LogP contribution in [-0.4, -0.2) is 27.3 Å². The third-order valence-corrected chi connectivity index (χ3v) is 5.54.